The summed E-state index contributed by atoms with van der Waals surface area (Å²) in [5.41, 5.74) is -1.13. The topological polar surface area (TPSA) is 35.5 Å². The normalized spacial score (nSPS) is 11.1. The van der Waals surface area contributed by atoms with Crippen molar-refractivity contribution in [3.8, 4) is 11.5 Å². The molecule has 0 heterocycles. The number of halogens is 4. The maximum Gasteiger partial charge on any atom is 0.417 e. The van der Waals surface area contributed by atoms with Crippen molar-refractivity contribution < 1.29 is 31.8 Å². The van der Waals surface area contributed by atoms with E-state index < -0.39 is 23.5 Å². The van der Waals surface area contributed by atoms with E-state index >= 15 is 0 Å². The maximum absolute atomic E-state index is 13.2. The molecule has 0 aliphatic heterocycles. The number of hydrogen-bond donors (Lipinski definition) is 0. The number of hydrogen-bond acceptors (Lipinski definition) is 3. The van der Waals surface area contributed by atoms with Crippen molar-refractivity contribution in [1.29, 1.82) is 0 Å². The number of rotatable bonds is 4. The number of methoxy groups -OCH3 is 1. The summed E-state index contributed by atoms with van der Waals surface area (Å²) in [6.45, 7) is 4.86. The number of ether oxygens (including phenoxy) is 2. The van der Waals surface area contributed by atoms with Crippen LogP contribution < -0.4 is 4.74 Å². The molecular formula is C18H14F4O3. The summed E-state index contributed by atoms with van der Waals surface area (Å²) in [7, 11) is 1.10. The van der Waals surface area contributed by atoms with Gasteiger partial charge in [-0.1, -0.05) is 12.7 Å². The minimum absolute atomic E-state index is 0.117. The smallest absolute Gasteiger partial charge is 0.417 e. The van der Waals surface area contributed by atoms with Crippen LogP contribution in [0.2, 0.25) is 0 Å². The Labute approximate surface area is 141 Å². The fraction of sp³-hybridized carbons (Fsp3) is 0.167. The Kier molecular flexibility index (Phi) is 5.15. The van der Waals surface area contributed by atoms with Crippen molar-refractivity contribution in [2.45, 2.75) is 13.1 Å². The number of alkyl halides is 3. The third-order valence-electron chi connectivity index (χ3n) is 3.44. The van der Waals surface area contributed by atoms with Gasteiger partial charge in [0.05, 0.1) is 12.7 Å². The molecule has 3 nitrogen and oxygen atoms in total. The number of esters is 1. The van der Waals surface area contributed by atoms with E-state index in [-0.39, 0.29) is 22.6 Å². The molecule has 0 atom stereocenters. The lowest BCUT2D eigenvalue weighted by Gasteiger charge is -2.17. The van der Waals surface area contributed by atoms with Crippen molar-refractivity contribution in [1.82, 2.24) is 0 Å². The van der Waals surface area contributed by atoms with Crippen molar-refractivity contribution in [3.63, 3.8) is 0 Å². The van der Waals surface area contributed by atoms with E-state index in [1.54, 1.807) is 0 Å². The highest BCUT2D eigenvalue weighted by molar-refractivity contribution is 5.93. The third kappa shape index (κ3) is 3.99. The van der Waals surface area contributed by atoms with Crippen LogP contribution in [0.4, 0.5) is 17.6 Å². The standard InChI is InChI=1S/C18H14F4O3/c1-4-11-8-13(17(23)24-3)16(9-14(11)18(20,21)22)25-15-6-5-12(19)7-10(15)2/h4-9H,1H2,2-3H3. The molecule has 2 aromatic carbocycles. The molecule has 0 bridgehead atoms. The summed E-state index contributed by atoms with van der Waals surface area (Å²) in [5, 5.41) is 0. The molecule has 0 saturated heterocycles. The zero-order valence-corrected chi connectivity index (χ0v) is 13.4. The molecule has 0 aliphatic carbocycles. The molecule has 7 heteroatoms. The van der Waals surface area contributed by atoms with Crippen LogP contribution in [-0.2, 0) is 10.9 Å². The van der Waals surface area contributed by atoms with E-state index in [1.165, 1.54) is 13.0 Å². The average molecular weight is 354 g/mol. The van der Waals surface area contributed by atoms with Crippen LogP contribution in [0.5, 0.6) is 11.5 Å². The quantitative estimate of drug-likeness (QED) is 0.547. The van der Waals surface area contributed by atoms with E-state index in [9.17, 15) is 22.4 Å². The van der Waals surface area contributed by atoms with Crippen LogP contribution in [0.1, 0.15) is 27.0 Å². The first-order valence-corrected chi connectivity index (χ1v) is 7.07. The van der Waals surface area contributed by atoms with E-state index in [2.05, 4.69) is 11.3 Å². The number of benzene rings is 2. The summed E-state index contributed by atoms with van der Waals surface area (Å²) in [5.74, 6) is -1.62. The van der Waals surface area contributed by atoms with Gasteiger partial charge in [0.15, 0.2) is 0 Å². The summed E-state index contributed by atoms with van der Waals surface area (Å²) in [4.78, 5) is 11.9. The van der Waals surface area contributed by atoms with Crippen LogP contribution in [0, 0.1) is 12.7 Å². The highest BCUT2D eigenvalue weighted by atomic mass is 19.4. The average Bonchev–Trinajstić information content (AvgIpc) is 2.55. The summed E-state index contributed by atoms with van der Waals surface area (Å²) >= 11 is 0. The van der Waals surface area contributed by atoms with Gasteiger partial charge in [-0.15, -0.1) is 0 Å². The fourth-order valence-electron chi connectivity index (χ4n) is 2.21. The van der Waals surface area contributed by atoms with Crippen LogP contribution in [0.3, 0.4) is 0 Å². The van der Waals surface area contributed by atoms with Gasteiger partial charge in [-0.05, 0) is 48.4 Å². The predicted molar refractivity (Wildman–Crippen MR) is 84.1 cm³/mol. The molecule has 0 saturated carbocycles. The van der Waals surface area contributed by atoms with Crippen molar-refractivity contribution >= 4 is 12.0 Å². The molecule has 132 valence electrons. The van der Waals surface area contributed by atoms with Gasteiger partial charge < -0.3 is 9.47 Å². The first kappa shape index (κ1) is 18.5. The van der Waals surface area contributed by atoms with Gasteiger partial charge in [-0.2, -0.15) is 13.2 Å². The van der Waals surface area contributed by atoms with Crippen LogP contribution >= 0.6 is 0 Å². The van der Waals surface area contributed by atoms with E-state index in [4.69, 9.17) is 4.74 Å². The Hall–Kier alpha value is -2.83. The fourth-order valence-corrected chi connectivity index (χ4v) is 2.21. The third-order valence-corrected chi connectivity index (χ3v) is 3.44. The molecule has 0 aromatic heterocycles. The summed E-state index contributed by atoms with van der Waals surface area (Å²) in [6, 6.07) is 5.22. The molecular weight excluding hydrogens is 340 g/mol. The largest absolute Gasteiger partial charge is 0.465 e. The monoisotopic (exact) mass is 354 g/mol. The predicted octanol–water partition coefficient (Wildman–Crippen LogP) is 5.37. The highest BCUT2D eigenvalue weighted by Gasteiger charge is 2.35. The molecule has 2 aromatic rings. The molecule has 2 rings (SSSR count). The Morgan fingerprint density at radius 1 is 1.16 bits per heavy atom. The molecule has 0 fully saturated rings. The lowest BCUT2D eigenvalue weighted by Crippen LogP contribution is -2.11. The first-order valence-electron chi connectivity index (χ1n) is 7.07. The van der Waals surface area contributed by atoms with Crippen molar-refractivity contribution in [3.05, 3.63) is 65.0 Å². The van der Waals surface area contributed by atoms with Gasteiger partial charge in [-0.3, -0.25) is 0 Å². The van der Waals surface area contributed by atoms with Gasteiger partial charge in [0, 0.05) is 0 Å². The minimum Gasteiger partial charge on any atom is -0.465 e. The van der Waals surface area contributed by atoms with E-state index in [0.717, 1.165) is 31.4 Å². The number of carbonyl (C=O) groups is 1. The van der Waals surface area contributed by atoms with Gasteiger partial charge >= 0.3 is 12.1 Å². The van der Waals surface area contributed by atoms with Crippen molar-refractivity contribution in [2.75, 3.05) is 7.11 Å². The van der Waals surface area contributed by atoms with E-state index in [1.807, 2.05) is 0 Å². The van der Waals surface area contributed by atoms with Crippen LogP contribution in [0.25, 0.3) is 6.08 Å². The van der Waals surface area contributed by atoms with Gasteiger partial charge in [-0.25, -0.2) is 9.18 Å². The number of carbonyl (C=O) groups excluding carboxylic acids is 1. The van der Waals surface area contributed by atoms with Gasteiger partial charge in [0.2, 0.25) is 0 Å². The lowest BCUT2D eigenvalue weighted by atomic mass is 10.0. The Morgan fingerprint density at radius 3 is 2.36 bits per heavy atom. The molecule has 0 amide bonds. The Morgan fingerprint density at radius 2 is 1.84 bits per heavy atom. The van der Waals surface area contributed by atoms with Crippen LogP contribution in [0.15, 0.2) is 36.9 Å². The minimum atomic E-state index is -4.67. The Balaban J connectivity index is 2.64. The molecule has 0 spiro atoms. The molecule has 0 unspecified atom stereocenters. The second-order valence-electron chi connectivity index (χ2n) is 5.14. The summed E-state index contributed by atoms with van der Waals surface area (Å²) < 4.78 is 62.9. The van der Waals surface area contributed by atoms with Gasteiger partial charge in [0.1, 0.15) is 22.9 Å². The second-order valence-corrected chi connectivity index (χ2v) is 5.14. The van der Waals surface area contributed by atoms with Gasteiger partial charge in [0.25, 0.3) is 0 Å². The zero-order valence-electron chi connectivity index (χ0n) is 13.4. The zero-order chi connectivity index (χ0) is 18.8. The Bertz CT molecular complexity index is 826. The SMILES string of the molecule is C=Cc1cc(C(=O)OC)c(Oc2ccc(F)cc2C)cc1C(F)(F)F. The highest BCUT2D eigenvalue weighted by Crippen LogP contribution is 2.38. The first-order chi connectivity index (χ1) is 11.7. The molecule has 0 aliphatic rings. The molecule has 25 heavy (non-hydrogen) atoms. The van der Waals surface area contributed by atoms with E-state index in [0.29, 0.717) is 11.6 Å². The summed E-state index contributed by atoms with van der Waals surface area (Å²) in [6.07, 6.45) is -3.68. The maximum atomic E-state index is 13.2. The van der Waals surface area contributed by atoms with Crippen LogP contribution in [-0.4, -0.2) is 13.1 Å². The van der Waals surface area contributed by atoms with Crippen molar-refractivity contribution in [2.24, 2.45) is 0 Å². The second kappa shape index (κ2) is 6.96. The number of aryl methyl sites for hydroxylation is 1. The molecule has 0 N–H and O–H groups in total. The molecule has 0 radical (unpaired) electrons. The lowest BCUT2D eigenvalue weighted by molar-refractivity contribution is -0.137.